The molecule has 1 aromatic carbocycles. The molecule has 3 rings (SSSR count). The zero-order valence-corrected chi connectivity index (χ0v) is 12.8. The first-order valence-corrected chi connectivity index (χ1v) is 8.55. The van der Waals surface area contributed by atoms with Crippen LogP contribution in [0.15, 0.2) is 28.8 Å². The minimum atomic E-state index is 0.272. The lowest BCUT2D eigenvalue weighted by atomic mass is 10.0. The molecule has 0 atom stereocenters. The lowest BCUT2D eigenvalue weighted by Crippen LogP contribution is -2.08. The number of aromatic hydroxyl groups is 1. The van der Waals surface area contributed by atoms with Gasteiger partial charge in [0.05, 0.1) is 12.2 Å². The minimum Gasteiger partial charge on any atom is -0.508 e. The van der Waals surface area contributed by atoms with Crippen LogP contribution >= 0.6 is 11.8 Å². The Morgan fingerprint density at radius 3 is 2.67 bits per heavy atom. The first kappa shape index (κ1) is 14.4. The zero-order chi connectivity index (χ0) is 14.5. The van der Waals surface area contributed by atoms with Gasteiger partial charge in [0.1, 0.15) is 5.75 Å². The van der Waals surface area contributed by atoms with Gasteiger partial charge in [0.15, 0.2) is 5.82 Å². The van der Waals surface area contributed by atoms with Crippen LogP contribution in [0.25, 0.3) is 0 Å². The molecule has 0 amide bonds. The number of aromatic nitrogens is 2. The number of thioether (sulfide) groups is 1. The predicted molar refractivity (Wildman–Crippen MR) is 83.4 cm³/mol. The molecular formula is C16H20N2O2S. The van der Waals surface area contributed by atoms with Gasteiger partial charge in [-0.2, -0.15) is 16.7 Å². The molecule has 1 fully saturated rings. The van der Waals surface area contributed by atoms with Crippen LogP contribution in [0.4, 0.5) is 0 Å². The van der Waals surface area contributed by atoms with Crippen LogP contribution in [0.2, 0.25) is 0 Å². The second kappa shape index (κ2) is 6.98. The molecule has 5 heteroatoms. The number of phenolic OH excluding ortho intramolecular Hbond substituents is 1. The summed E-state index contributed by atoms with van der Waals surface area (Å²) in [6.07, 6.45) is 7.36. The van der Waals surface area contributed by atoms with Gasteiger partial charge < -0.3 is 9.63 Å². The summed E-state index contributed by atoms with van der Waals surface area (Å²) in [7, 11) is 0. The number of hydrogen-bond acceptors (Lipinski definition) is 5. The average Bonchev–Trinajstić information content (AvgIpc) is 2.96. The predicted octanol–water partition coefficient (Wildman–Crippen LogP) is 3.93. The lowest BCUT2D eigenvalue weighted by Gasteiger charge is -2.19. The van der Waals surface area contributed by atoms with Gasteiger partial charge in [0.25, 0.3) is 0 Å². The quantitative estimate of drug-likeness (QED) is 0.907. The minimum absolute atomic E-state index is 0.272. The van der Waals surface area contributed by atoms with Crippen molar-refractivity contribution in [3.63, 3.8) is 0 Å². The summed E-state index contributed by atoms with van der Waals surface area (Å²) in [5.74, 6) is 2.54. The molecule has 112 valence electrons. The summed E-state index contributed by atoms with van der Waals surface area (Å²) in [5.41, 5.74) is 1.06. The summed E-state index contributed by atoms with van der Waals surface area (Å²) in [6, 6.07) is 7.09. The van der Waals surface area contributed by atoms with Crippen LogP contribution in [-0.2, 0) is 12.2 Å². The number of benzene rings is 1. The Bertz CT molecular complexity index is 562. The van der Waals surface area contributed by atoms with E-state index >= 15 is 0 Å². The van der Waals surface area contributed by atoms with Crippen molar-refractivity contribution < 1.29 is 9.63 Å². The van der Waals surface area contributed by atoms with Crippen molar-refractivity contribution in [1.29, 1.82) is 0 Å². The fourth-order valence-electron chi connectivity index (χ4n) is 2.63. The molecule has 4 nitrogen and oxygen atoms in total. The van der Waals surface area contributed by atoms with Crippen LogP contribution in [0, 0.1) is 0 Å². The van der Waals surface area contributed by atoms with E-state index in [1.165, 1.54) is 32.1 Å². The monoisotopic (exact) mass is 304 g/mol. The number of phenols is 1. The third-order valence-electron chi connectivity index (χ3n) is 3.80. The molecule has 0 aliphatic heterocycles. The lowest BCUT2D eigenvalue weighted by molar-refractivity contribution is 0.381. The first-order valence-electron chi connectivity index (χ1n) is 7.50. The van der Waals surface area contributed by atoms with Crippen molar-refractivity contribution >= 4 is 11.8 Å². The Kier molecular flexibility index (Phi) is 4.80. The number of nitrogens with zero attached hydrogens (tertiary/aromatic N) is 2. The summed E-state index contributed by atoms with van der Waals surface area (Å²) >= 11 is 1.95. The van der Waals surface area contributed by atoms with Crippen molar-refractivity contribution in [1.82, 2.24) is 10.1 Å². The fraction of sp³-hybridized carbons (Fsp3) is 0.500. The van der Waals surface area contributed by atoms with Gasteiger partial charge in [-0.1, -0.05) is 36.6 Å². The Balaban J connectivity index is 1.52. The van der Waals surface area contributed by atoms with Crippen LogP contribution in [0.3, 0.4) is 0 Å². The highest BCUT2D eigenvalue weighted by Gasteiger charge is 2.15. The Hall–Kier alpha value is -1.49. The average molecular weight is 304 g/mol. The van der Waals surface area contributed by atoms with E-state index in [1.807, 2.05) is 23.9 Å². The van der Waals surface area contributed by atoms with E-state index in [9.17, 15) is 5.11 Å². The largest absolute Gasteiger partial charge is 0.508 e. The van der Waals surface area contributed by atoms with Crippen LogP contribution in [0.1, 0.15) is 49.4 Å². The van der Waals surface area contributed by atoms with E-state index in [0.29, 0.717) is 12.3 Å². The number of rotatable bonds is 5. The summed E-state index contributed by atoms with van der Waals surface area (Å²) < 4.78 is 5.30. The normalized spacial score (nSPS) is 16.2. The van der Waals surface area contributed by atoms with Gasteiger partial charge in [0.2, 0.25) is 5.89 Å². The molecular weight excluding hydrogens is 284 g/mol. The molecule has 1 saturated carbocycles. The maximum absolute atomic E-state index is 9.27. The number of hydrogen-bond donors (Lipinski definition) is 1. The van der Waals surface area contributed by atoms with Crippen molar-refractivity contribution in [3.8, 4) is 5.75 Å². The maximum atomic E-state index is 9.27. The van der Waals surface area contributed by atoms with E-state index in [2.05, 4.69) is 10.1 Å². The summed E-state index contributed by atoms with van der Waals surface area (Å²) in [5, 5.41) is 14.1. The Labute approximate surface area is 129 Å². The second-order valence-electron chi connectivity index (χ2n) is 5.52. The Morgan fingerprint density at radius 1 is 1.14 bits per heavy atom. The van der Waals surface area contributed by atoms with Gasteiger partial charge in [-0.25, -0.2) is 0 Å². The second-order valence-corrected chi connectivity index (χ2v) is 6.81. The molecule has 0 saturated heterocycles. The van der Waals surface area contributed by atoms with E-state index in [-0.39, 0.29) is 5.75 Å². The molecule has 0 radical (unpaired) electrons. The molecule has 2 aromatic rings. The van der Waals surface area contributed by atoms with Gasteiger partial charge >= 0.3 is 0 Å². The molecule has 0 bridgehead atoms. The molecule has 1 N–H and O–H groups in total. The molecule has 0 spiro atoms. The molecule has 1 aromatic heterocycles. The fourth-order valence-corrected chi connectivity index (χ4v) is 3.80. The zero-order valence-electron chi connectivity index (χ0n) is 12.0. The van der Waals surface area contributed by atoms with Crippen molar-refractivity contribution in [2.45, 2.75) is 49.5 Å². The van der Waals surface area contributed by atoms with Crippen molar-refractivity contribution in [2.75, 3.05) is 0 Å². The highest BCUT2D eigenvalue weighted by atomic mass is 32.2. The van der Waals surface area contributed by atoms with Gasteiger partial charge in [-0.05, 0) is 30.5 Å². The summed E-state index contributed by atoms with van der Waals surface area (Å²) in [4.78, 5) is 4.45. The van der Waals surface area contributed by atoms with E-state index in [4.69, 9.17) is 4.52 Å². The van der Waals surface area contributed by atoms with Crippen LogP contribution < -0.4 is 0 Å². The summed E-state index contributed by atoms with van der Waals surface area (Å²) in [6.45, 7) is 0. The van der Waals surface area contributed by atoms with Gasteiger partial charge in [-0.15, -0.1) is 0 Å². The van der Waals surface area contributed by atoms with Crippen molar-refractivity contribution in [2.24, 2.45) is 0 Å². The third kappa shape index (κ3) is 4.24. The van der Waals surface area contributed by atoms with Crippen LogP contribution in [0.5, 0.6) is 5.75 Å². The Morgan fingerprint density at radius 2 is 1.90 bits per heavy atom. The molecule has 1 aliphatic rings. The molecule has 21 heavy (non-hydrogen) atoms. The van der Waals surface area contributed by atoms with Crippen molar-refractivity contribution in [3.05, 3.63) is 41.5 Å². The molecule has 0 unspecified atom stereocenters. The van der Waals surface area contributed by atoms with E-state index < -0.39 is 0 Å². The van der Waals surface area contributed by atoms with Crippen LogP contribution in [-0.4, -0.2) is 20.5 Å². The highest BCUT2D eigenvalue weighted by molar-refractivity contribution is 7.99. The SMILES string of the molecule is Oc1ccc(Cc2nc(CSC3CCCCC3)no2)cc1. The highest BCUT2D eigenvalue weighted by Crippen LogP contribution is 2.29. The van der Waals surface area contributed by atoms with E-state index in [0.717, 1.165) is 22.4 Å². The van der Waals surface area contributed by atoms with Gasteiger partial charge in [0, 0.05) is 5.25 Å². The standard InChI is InChI=1S/C16H20N2O2S/c19-13-8-6-12(7-9-13)10-16-17-15(18-20-16)11-21-14-4-2-1-3-5-14/h6-9,14,19H,1-5,10-11H2. The third-order valence-corrected chi connectivity index (χ3v) is 5.17. The maximum Gasteiger partial charge on any atom is 0.231 e. The molecule has 1 aliphatic carbocycles. The smallest absolute Gasteiger partial charge is 0.231 e. The topological polar surface area (TPSA) is 59.2 Å². The molecule has 1 heterocycles. The van der Waals surface area contributed by atoms with Gasteiger partial charge in [-0.3, -0.25) is 0 Å². The first-order chi connectivity index (χ1) is 10.3. The van der Waals surface area contributed by atoms with E-state index in [1.54, 1.807) is 12.1 Å².